The molecule has 0 aliphatic heterocycles. The summed E-state index contributed by atoms with van der Waals surface area (Å²) < 4.78 is 0. The van der Waals surface area contributed by atoms with Crippen molar-refractivity contribution in [3.63, 3.8) is 0 Å². The van der Waals surface area contributed by atoms with Crippen LogP contribution in [0.2, 0.25) is 0 Å². The van der Waals surface area contributed by atoms with E-state index in [-0.39, 0.29) is 5.92 Å². The number of allylic oxidation sites excluding steroid dienone is 20. The third-order valence-electron chi connectivity index (χ3n) is 5.00. The van der Waals surface area contributed by atoms with Gasteiger partial charge >= 0.3 is 0 Å². The Bertz CT molecular complexity index is 878. The van der Waals surface area contributed by atoms with E-state index in [1.54, 1.807) is 6.08 Å². The van der Waals surface area contributed by atoms with E-state index in [0.717, 1.165) is 12.9 Å². The summed E-state index contributed by atoms with van der Waals surface area (Å²) in [7, 11) is 2.94. The van der Waals surface area contributed by atoms with Gasteiger partial charge in [-0.05, 0) is 44.4 Å². The largest absolute Gasteiger partial charge is 0.191 e. The number of rotatable bonds is 13. The summed E-state index contributed by atoms with van der Waals surface area (Å²) in [5.41, 5.74) is 7.23. The standard InChI is InChI=1S/C29H38B2/c1-9-17-22-23(14-6)29(24(18-10-2)19-11-3)25(15-7)27(20-12-4)31-28(21-13-5)26(30)16-8/h9-22,29,31H,1-2,5,7,30H2,3-4,6,8H3/b19-11-,20-12-,22-17-,23-14+,24-18+,26-16+,27-25-,28-21+. The van der Waals surface area contributed by atoms with Crippen LogP contribution in [0, 0.1) is 5.92 Å². The van der Waals surface area contributed by atoms with Crippen LogP contribution in [0.3, 0.4) is 0 Å². The maximum Gasteiger partial charge on any atom is 0.191 e. The van der Waals surface area contributed by atoms with Crippen LogP contribution in [0.15, 0.2) is 145 Å². The Balaban J connectivity index is 7.17. The molecule has 0 bridgehead atoms. The molecule has 0 aromatic rings. The van der Waals surface area contributed by atoms with Gasteiger partial charge in [0.15, 0.2) is 7.28 Å². The molecule has 0 radical (unpaired) electrons. The lowest BCUT2D eigenvalue weighted by molar-refractivity contribution is 0.898. The van der Waals surface area contributed by atoms with Gasteiger partial charge in [-0.15, -0.1) is 0 Å². The van der Waals surface area contributed by atoms with E-state index < -0.39 is 0 Å². The molecular formula is C29H38B2. The highest BCUT2D eigenvalue weighted by Crippen LogP contribution is 2.34. The molecule has 1 atom stereocenters. The van der Waals surface area contributed by atoms with Crippen LogP contribution < -0.4 is 0 Å². The van der Waals surface area contributed by atoms with Crippen LogP contribution in [0.1, 0.15) is 27.7 Å². The van der Waals surface area contributed by atoms with Gasteiger partial charge in [0.05, 0.1) is 0 Å². The van der Waals surface area contributed by atoms with E-state index >= 15 is 0 Å². The Hall–Kier alpha value is -2.99. The predicted octanol–water partition coefficient (Wildman–Crippen LogP) is 7.04. The molecule has 0 rings (SSSR count). The molecule has 0 aliphatic carbocycles. The minimum atomic E-state index is 0.0231. The Morgan fingerprint density at radius 3 is 1.87 bits per heavy atom. The van der Waals surface area contributed by atoms with Crippen LogP contribution >= 0.6 is 0 Å². The fraction of sp³-hybridized carbons (Fsp3) is 0.172. The van der Waals surface area contributed by atoms with Crippen molar-refractivity contribution in [2.45, 2.75) is 27.7 Å². The Morgan fingerprint density at radius 1 is 0.774 bits per heavy atom. The van der Waals surface area contributed by atoms with Crippen molar-refractivity contribution in [1.29, 1.82) is 0 Å². The van der Waals surface area contributed by atoms with E-state index in [9.17, 15) is 0 Å². The van der Waals surface area contributed by atoms with Gasteiger partial charge in [-0.1, -0.05) is 128 Å². The lowest BCUT2D eigenvalue weighted by atomic mass is 9.54. The van der Waals surface area contributed by atoms with Gasteiger partial charge in [-0.2, -0.15) is 0 Å². The monoisotopic (exact) mass is 408 g/mol. The van der Waals surface area contributed by atoms with Crippen molar-refractivity contribution in [2.75, 3.05) is 0 Å². The first-order valence-electron chi connectivity index (χ1n) is 10.8. The third-order valence-corrected chi connectivity index (χ3v) is 5.00. The zero-order valence-electron chi connectivity index (χ0n) is 20.2. The fourth-order valence-electron chi connectivity index (χ4n) is 3.42. The smallest absolute Gasteiger partial charge is 0.0991 e. The highest BCUT2D eigenvalue weighted by molar-refractivity contribution is 6.59. The average molecular weight is 408 g/mol. The average Bonchev–Trinajstić information content (AvgIpc) is 2.77. The quantitative estimate of drug-likeness (QED) is 0.227. The van der Waals surface area contributed by atoms with Crippen molar-refractivity contribution < 1.29 is 0 Å². The van der Waals surface area contributed by atoms with E-state index in [0.29, 0.717) is 0 Å². The topological polar surface area (TPSA) is 0 Å². The predicted molar refractivity (Wildman–Crippen MR) is 149 cm³/mol. The zero-order chi connectivity index (χ0) is 23.6. The van der Waals surface area contributed by atoms with Crippen LogP contribution in [0.5, 0.6) is 0 Å². The molecule has 0 amide bonds. The highest BCUT2D eigenvalue weighted by Gasteiger charge is 2.21. The van der Waals surface area contributed by atoms with E-state index in [2.05, 4.69) is 110 Å². The molecule has 2 heteroatoms. The summed E-state index contributed by atoms with van der Waals surface area (Å²) in [6.45, 7) is 24.1. The van der Waals surface area contributed by atoms with Crippen molar-refractivity contribution in [2.24, 2.45) is 5.92 Å². The van der Waals surface area contributed by atoms with Crippen molar-refractivity contribution in [3.8, 4) is 0 Å². The summed E-state index contributed by atoms with van der Waals surface area (Å²) in [6, 6.07) is 0. The second kappa shape index (κ2) is 16.8. The molecule has 0 aromatic carbocycles. The molecule has 0 nitrogen and oxygen atoms in total. The molecule has 0 spiro atoms. The second-order valence-corrected chi connectivity index (χ2v) is 6.98. The highest BCUT2D eigenvalue weighted by atomic mass is 14.2. The molecule has 0 saturated carbocycles. The van der Waals surface area contributed by atoms with E-state index in [4.69, 9.17) is 0 Å². The summed E-state index contributed by atoms with van der Waals surface area (Å²) in [5.74, 6) is 0.0231. The molecule has 160 valence electrons. The second-order valence-electron chi connectivity index (χ2n) is 6.98. The van der Waals surface area contributed by atoms with Gasteiger partial charge in [0.25, 0.3) is 0 Å². The van der Waals surface area contributed by atoms with Crippen LogP contribution in [0.25, 0.3) is 0 Å². The minimum Gasteiger partial charge on any atom is -0.0991 e. The van der Waals surface area contributed by atoms with Crippen molar-refractivity contribution in [1.82, 2.24) is 0 Å². The first-order valence-corrected chi connectivity index (χ1v) is 10.8. The lowest BCUT2D eigenvalue weighted by Crippen LogP contribution is -2.14. The summed E-state index contributed by atoms with van der Waals surface area (Å²) in [6.07, 6.45) is 28.5. The molecule has 1 unspecified atom stereocenters. The van der Waals surface area contributed by atoms with Crippen LogP contribution in [0.4, 0.5) is 0 Å². The summed E-state index contributed by atoms with van der Waals surface area (Å²) in [4.78, 5) is 0. The van der Waals surface area contributed by atoms with Gasteiger partial charge in [0.1, 0.15) is 7.85 Å². The number of hydrogen-bond donors (Lipinski definition) is 0. The fourth-order valence-corrected chi connectivity index (χ4v) is 3.42. The van der Waals surface area contributed by atoms with Crippen LogP contribution in [-0.4, -0.2) is 15.1 Å². The van der Waals surface area contributed by atoms with Crippen molar-refractivity contribution >= 4 is 15.1 Å². The van der Waals surface area contributed by atoms with E-state index in [1.165, 1.54) is 27.6 Å². The number of hydrogen-bond acceptors (Lipinski definition) is 0. The Morgan fingerprint density at radius 2 is 1.42 bits per heavy atom. The van der Waals surface area contributed by atoms with Gasteiger partial charge in [0.2, 0.25) is 0 Å². The normalized spacial score (nSPS) is 15.9. The molecule has 0 N–H and O–H groups in total. The van der Waals surface area contributed by atoms with Gasteiger partial charge < -0.3 is 0 Å². The molecule has 0 fully saturated rings. The molecule has 0 heterocycles. The molecular weight excluding hydrogens is 370 g/mol. The third kappa shape index (κ3) is 9.13. The van der Waals surface area contributed by atoms with Gasteiger partial charge in [-0.25, -0.2) is 0 Å². The van der Waals surface area contributed by atoms with Gasteiger partial charge in [0, 0.05) is 5.92 Å². The summed E-state index contributed by atoms with van der Waals surface area (Å²) in [5, 5.41) is 0. The van der Waals surface area contributed by atoms with Crippen molar-refractivity contribution in [3.05, 3.63) is 145 Å². The maximum absolute atomic E-state index is 4.21. The first kappa shape index (κ1) is 28.0. The minimum absolute atomic E-state index is 0.0231. The molecule has 0 saturated heterocycles. The zero-order valence-corrected chi connectivity index (χ0v) is 20.2. The van der Waals surface area contributed by atoms with E-state index in [1.807, 2.05) is 31.2 Å². The maximum atomic E-state index is 4.21. The molecule has 0 aromatic heterocycles. The summed E-state index contributed by atoms with van der Waals surface area (Å²) >= 11 is 0. The molecule has 0 aliphatic rings. The SMILES string of the molecule is BC(=C/C)/C(BC(/C=C\C)=C(/C=C)C(C(/C=C\C=C)=C/C)C(/C=C\C)=C/C=C)=C\C=C. The molecule has 31 heavy (non-hydrogen) atoms. The lowest BCUT2D eigenvalue weighted by Gasteiger charge is -2.25. The Labute approximate surface area is 193 Å². The van der Waals surface area contributed by atoms with Crippen LogP contribution in [-0.2, 0) is 0 Å². The van der Waals surface area contributed by atoms with Gasteiger partial charge in [-0.3, -0.25) is 0 Å². The Kier molecular flexibility index (Phi) is 15.2. The first-order chi connectivity index (χ1) is 15.0.